The molecule has 7 heteroatoms. The van der Waals surface area contributed by atoms with Crippen LogP contribution in [0.3, 0.4) is 0 Å². The summed E-state index contributed by atoms with van der Waals surface area (Å²) < 4.78 is 13.2. The van der Waals surface area contributed by atoms with E-state index in [1.165, 1.54) is 0 Å². The maximum atomic E-state index is 13.4. The van der Waals surface area contributed by atoms with Gasteiger partial charge in [-0.2, -0.15) is 4.98 Å². The molecule has 7 nitrogen and oxygen atoms in total. The van der Waals surface area contributed by atoms with Crippen molar-refractivity contribution in [2.45, 2.75) is 58.4 Å². The van der Waals surface area contributed by atoms with Crippen LogP contribution in [0.2, 0.25) is 0 Å². The predicted octanol–water partition coefficient (Wildman–Crippen LogP) is 4.86. The zero-order valence-electron chi connectivity index (χ0n) is 20.2. The molecule has 2 aliphatic rings. The van der Waals surface area contributed by atoms with Gasteiger partial charge in [0.25, 0.3) is 5.91 Å². The molecule has 0 unspecified atom stereocenters. The number of nitrogens with zero attached hydrogens (tertiary/aromatic N) is 4. The smallest absolute Gasteiger partial charge is 0.255 e. The lowest BCUT2D eigenvalue weighted by atomic mass is 9.93. The van der Waals surface area contributed by atoms with Crippen molar-refractivity contribution in [3.8, 4) is 11.3 Å². The lowest BCUT2D eigenvalue weighted by Crippen LogP contribution is -2.39. The highest BCUT2D eigenvalue weighted by Gasteiger charge is 2.28. The standard InChI is InChI=1S/C27H34N4O3/c1-3-31-19(2)23(18-24(31)21-7-5-4-6-8-21)27(32)30-13-9-20(10-14-30)17-25-28-26(29-34-25)22-11-15-33-16-12-22/h4-8,18,20,22H,3,9-17H2,1-2H3. The fourth-order valence-corrected chi connectivity index (χ4v) is 5.35. The zero-order chi connectivity index (χ0) is 23.5. The average Bonchev–Trinajstić information content (AvgIpc) is 3.49. The molecule has 4 heterocycles. The highest BCUT2D eigenvalue weighted by molar-refractivity contribution is 5.97. The first-order valence-corrected chi connectivity index (χ1v) is 12.6. The highest BCUT2D eigenvalue weighted by atomic mass is 16.5. The molecule has 0 atom stereocenters. The van der Waals surface area contributed by atoms with E-state index < -0.39 is 0 Å². The number of ether oxygens (including phenoxy) is 1. The number of hydrogen-bond acceptors (Lipinski definition) is 5. The average molecular weight is 463 g/mol. The Hall–Kier alpha value is -2.93. The molecule has 180 valence electrons. The quantitative estimate of drug-likeness (QED) is 0.523. The Balaban J connectivity index is 1.21. The van der Waals surface area contributed by atoms with Crippen molar-refractivity contribution < 1.29 is 14.1 Å². The Morgan fingerprint density at radius 1 is 1.09 bits per heavy atom. The van der Waals surface area contributed by atoms with Gasteiger partial charge in [-0.3, -0.25) is 4.79 Å². The Labute approximate surface area is 201 Å². The largest absolute Gasteiger partial charge is 0.381 e. The van der Waals surface area contributed by atoms with Gasteiger partial charge in [0.05, 0.1) is 5.56 Å². The monoisotopic (exact) mass is 462 g/mol. The van der Waals surface area contributed by atoms with Gasteiger partial charge < -0.3 is 18.7 Å². The lowest BCUT2D eigenvalue weighted by Gasteiger charge is -2.31. The minimum Gasteiger partial charge on any atom is -0.381 e. The first kappa shape index (κ1) is 22.8. The van der Waals surface area contributed by atoms with Crippen molar-refractivity contribution in [3.63, 3.8) is 0 Å². The molecule has 1 aromatic carbocycles. The molecule has 3 aromatic rings. The number of aromatic nitrogens is 3. The molecule has 2 aromatic heterocycles. The molecule has 2 fully saturated rings. The molecular formula is C27H34N4O3. The summed E-state index contributed by atoms with van der Waals surface area (Å²) in [6, 6.07) is 12.4. The van der Waals surface area contributed by atoms with E-state index >= 15 is 0 Å². The number of likely N-dealkylation sites (tertiary alicyclic amines) is 1. The summed E-state index contributed by atoms with van der Waals surface area (Å²) in [6.45, 7) is 8.10. The van der Waals surface area contributed by atoms with Crippen LogP contribution < -0.4 is 0 Å². The van der Waals surface area contributed by atoms with E-state index in [4.69, 9.17) is 9.26 Å². The van der Waals surface area contributed by atoms with Crippen molar-refractivity contribution in [2.75, 3.05) is 26.3 Å². The van der Waals surface area contributed by atoms with Crippen LogP contribution in [0, 0.1) is 12.8 Å². The molecule has 1 amide bonds. The molecule has 0 N–H and O–H groups in total. The SMILES string of the molecule is CCn1c(-c2ccccc2)cc(C(=O)N2CCC(Cc3nc(C4CCOCC4)no3)CC2)c1C. The molecule has 0 aliphatic carbocycles. The third kappa shape index (κ3) is 4.67. The van der Waals surface area contributed by atoms with Crippen molar-refractivity contribution in [3.05, 3.63) is 59.4 Å². The molecular weight excluding hydrogens is 428 g/mol. The van der Waals surface area contributed by atoms with E-state index in [0.717, 1.165) is 99.2 Å². The topological polar surface area (TPSA) is 73.4 Å². The van der Waals surface area contributed by atoms with E-state index in [9.17, 15) is 4.79 Å². The van der Waals surface area contributed by atoms with Gasteiger partial charge in [0.2, 0.25) is 5.89 Å². The van der Waals surface area contributed by atoms with Gasteiger partial charge in [-0.15, -0.1) is 0 Å². The van der Waals surface area contributed by atoms with Gasteiger partial charge in [0, 0.05) is 56.6 Å². The van der Waals surface area contributed by atoms with E-state index in [1.54, 1.807) is 0 Å². The van der Waals surface area contributed by atoms with Crippen molar-refractivity contribution in [2.24, 2.45) is 5.92 Å². The van der Waals surface area contributed by atoms with Crippen molar-refractivity contribution in [1.29, 1.82) is 0 Å². The Bertz CT molecular complexity index is 1110. The van der Waals surface area contributed by atoms with Crippen LogP contribution in [0.15, 0.2) is 40.9 Å². The van der Waals surface area contributed by atoms with Crippen LogP contribution >= 0.6 is 0 Å². The molecule has 2 aliphatic heterocycles. The number of piperidine rings is 1. The van der Waals surface area contributed by atoms with Crippen LogP contribution in [-0.4, -0.2) is 51.8 Å². The second kappa shape index (κ2) is 10.1. The van der Waals surface area contributed by atoms with Crippen LogP contribution in [0.5, 0.6) is 0 Å². The Morgan fingerprint density at radius 2 is 1.82 bits per heavy atom. The van der Waals surface area contributed by atoms with Gasteiger partial charge >= 0.3 is 0 Å². The summed E-state index contributed by atoms with van der Waals surface area (Å²) in [6.07, 6.45) is 4.64. The Kier molecular flexibility index (Phi) is 6.81. The number of benzene rings is 1. The van der Waals surface area contributed by atoms with Crippen molar-refractivity contribution in [1.82, 2.24) is 19.6 Å². The minimum absolute atomic E-state index is 0.139. The van der Waals surface area contributed by atoms with Gasteiger partial charge in [0.15, 0.2) is 5.82 Å². The third-order valence-electron chi connectivity index (χ3n) is 7.42. The number of carbonyl (C=O) groups excluding carboxylic acids is 1. The molecule has 0 radical (unpaired) electrons. The van der Waals surface area contributed by atoms with Gasteiger partial charge in [-0.1, -0.05) is 35.5 Å². The molecule has 0 bridgehead atoms. The second-order valence-corrected chi connectivity index (χ2v) is 9.51. The minimum atomic E-state index is 0.139. The zero-order valence-corrected chi connectivity index (χ0v) is 20.2. The summed E-state index contributed by atoms with van der Waals surface area (Å²) >= 11 is 0. The van der Waals surface area contributed by atoms with E-state index in [2.05, 4.69) is 46.8 Å². The summed E-state index contributed by atoms with van der Waals surface area (Å²) in [5.74, 6) is 2.52. The van der Waals surface area contributed by atoms with Crippen LogP contribution in [0.25, 0.3) is 11.3 Å². The van der Waals surface area contributed by atoms with Gasteiger partial charge in [0.1, 0.15) is 0 Å². The fraction of sp³-hybridized carbons (Fsp3) is 0.519. The second-order valence-electron chi connectivity index (χ2n) is 9.51. The van der Waals surface area contributed by atoms with Crippen LogP contribution in [0.1, 0.15) is 66.3 Å². The van der Waals surface area contributed by atoms with E-state index in [1.807, 2.05) is 23.1 Å². The molecule has 2 saturated heterocycles. The van der Waals surface area contributed by atoms with Crippen LogP contribution in [0.4, 0.5) is 0 Å². The maximum absolute atomic E-state index is 13.4. The number of carbonyl (C=O) groups is 1. The number of amides is 1. The summed E-state index contributed by atoms with van der Waals surface area (Å²) in [5, 5.41) is 4.23. The number of hydrogen-bond donors (Lipinski definition) is 0. The summed E-state index contributed by atoms with van der Waals surface area (Å²) in [5.41, 5.74) is 4.11. The highest BCUT2D eigenvalue weighted by Crippen LogP contribution is 2.29. The lowest BCUT2D eigenvalue weighted by molar-refractivity contribution is 0.0686. The van der Waals surface area contributed by atoms with Gasteiger partial charge in [-0.25, -0.2) is 0 Å². The predicted molar refractivity (Wildman–Crippen MR) is 130 cm³/mol. The first-order chi connectivity index (χ1) is 16.6. The van der Waals surface area contributed by atoms with E-state index in [-0.39, 0.29) is 5.91 Å². The Morgan fingerprint density at radius 3 is 2.53 bits per heavy atom. The van der Waals surface area contributed by atoms with Gasteiger partial charge in [-0.05, 0) is 57.1 Å². The van der Waals surface area contributed by atoms with E-state index in [0.29, 0.717) is 11.8 Å². The number of rotatable bonds is 6. The molecule has 0 saturated carbocycles. The van der Waals surface area contributed by atoms with Crippen LogP contribution in [-0.2, 0) is 17.7 Å². The molecule has 34 heavy (non-hydrogen) atoms. The maximum Gasteiger partial charge on any atom is 0.255 e. The first-order valence-electron chi connectivity index (χ1n) is 12.6. The molecule has 0 spiro atoms. The normalized spacial score (nSPS) is 17.9. The third-order valence-corrected chi connectivity index (χ3v) is 7.42. The summed E-state index contributed by atoms with van der Waals surface area (Å²) in [4.78, 5) is 20.1. The molecule has 5 rings (SSSR count). The fourth-order valence-electron chi connectivity index (χ4n) is 5.35. The summed E-state index contributed by atoms with van der Waals surface area (Å²) in [7, 11) is 0. The van der Waals surface area contributed by atoms with Crippen molar-refractivity contribution >= 4 is 5.91 Å².